The van der Waals surface area contributed by atoms with Crippen molar-refractivity contribution < 1.29 is 12.8 Å². The van der Waals surface area contributed by atoms with E-state index in [1.165, 1.54) is 12.1 Å². The number of anilines is 1. The highest BCUT2D eigenvalue weighted by molar-refractivity contribution is 7.93. The van der Waals surface area contributed by atoms with Crippen molar-refractivity contribution in [2.24, 2.45) is 0 Å². The Kier molecular flexibility index (Phi) is 3.92. The zero-order chi connectivity index (χ0) is 13.2. The van der Waals surface area contributed by atoms with Crippen LogP contribution in [0.4, 0.5) is 10.1 Å². The van der Waals surface area contributed by atoms with E-state index in [0.29, 0.717) is 6.42 Å². The number of hydrogen-bond donors (Lipinski definition) is 1. The highest BCUT2D eigenvalue weighted by Gasteiger charge is 2.24. The molecule has 0 saturated heterocycles. The molecule has 1 aliphatic rings. The summed E-state index contributed by atoms with van der Waals surface area (Å²) in [5, 5.41) is -0.495. The summed E-state index contributed by atoms with van der Waals surface area (Å²) >= 11 is 5.79. The lowest BCUT2D eigenvalue weighted by Crippen LogP contribution is -2.27. The second-order valence-electron chi connectivity index (χ2n) is 4.17. The lowest BCUT2D eigenvalue weighted by molar-refractivity contribution is 0.582. The Labute approximate surface area is 111 Å². The van der Waals surface area contributed by atoms with Gasteiger partial charge in [-0.1, -0.05) is 23.8 Å². The Bertz CT molecular complexity index is 571. The molecule has 98 valence electrons. The normalized spacial score (nSPS) is 19.8. The van der Waals surface area contributed by atoms with Crippen LogP contribution in [0.25, 0.3) is 0 Å². The van der Waals surface area contributed by atoms with Gasteiger partial charge in [0.15, 0.2) is 0 Å². The zero-order valence-corrected chi connectivity index (χ0v) is 11.1. The number of allylic oxidation sites excluding steroid dienone is 1. The van der Waals surface area contributed by atoms with Gasteiger partial charge < -0.3 is 0 Å². The van der Waals surface area contributed by atoms with Crippen molar-refractivity contribution in [2.75, 3.05) is 4.72 Å². The van der Waals surface area contributed by atoms with Crippen molar-refractivity contribution >= 4 is 27.3 Å². The highest BCUT2D eigenvalue weighted by atomic mass is 35.5. The Morgan fingerprint density at radius 2 is 2.17 bits per heavy atom. The van der Waals surface area contributed by atoms with Crippen molar-refractivity contribution in [3.05, 3.63) is 41.2 Å². The zero-order valence-electron chi connectivity index (χ0n) is 9.57. The first-order chi connectivity index (χ1) is 8.49. The molecule has 0 fully saturated rings. The average molecular weight is 290 g/mol. The molecule has 18 heavy (non-hydrogen) atoms. The van der Waals surface area contributed by atoms with Gasteiger partial charge in [-0.25, -0.2) is 12.8 Å². The molecule has 1 aromatic rings. The van der Waals surface area contributed by atoms with Gasteiger partial charge in [0.1, 0.15) is 5.82 Å². The lowest BCUT2D eigenvalue weighted by Gasteiger charge is -2.18. The van der Waals surface area contributed by atoms with Crippen LogP contribution < -0.4 is 4.72 Å². The highest BCUT2D eigenvalue weighted by Crippen LogP contribution is 2.26. The van der Waals surface area contributed by atoms with E-state index in [2.05, 4.69) is 4.72 Å². The molecule has 0 unspecified atom stereocenters. The van der Waals surface area contributed by atoms with Crippen LogP contribution in [0.5, 0.6) is 0 Å². The number of hydrogen-bond acceptors (Lipinski definition) is 2. The molecule has 0 spiro atoms. The predicted octanol–water partition coefficient (Wildman–Crippen LogP) is 3.33. The maximum atomic E-state index is 12.9. The standard InChI is InChI=1S/C12H13ClFNO2S/c13-11-8-9(14)6-7-12(11)15-18(16,17)10-4-2-1-3-5-10/h2,4,6-8,10,15H,1,3,5H2/t10-/m0/s1. The van der Waals surface area contributed by atoms with Crippen LogP contribution >= 0.6 is 11.6 Å². The van der Waals surface area contributed by atoms with Crippen LogP contribution in [0.3, 0.4) is 0 Å². The second-order valence-corrected chi connectivity index (χ2v) is 6.48. The molecule has 1 aliphatic carbocycles. The molecular formula is C12H13ClFNO2S. The molecule has 2 rings (SSSR count). The summed E-state index contributed by atoms with van der Waals surface area (Å²) in [6.45, 7) is 0. The fourth-order valence-corrected chi connectivity index (χ4v) is 3.54. The minimum Gasteiger partial charge on any atom is -0.282 e. The molecule has 0 aromatic heterocycles. The summed E-state index contributed by atoms with van der Waals surface area (Å²) in [6, 6.07) is 3.57. The first-order valence-corrected chi connectivity index (χ1v) is 7.55. The maximum absolute atomic E-state index is 12.9. The summed E-state index contributed by atoms with van der Waals surface area (Å²) in [7, 11) is -3.52. The molecule has 6 heteroatoms. The molecule has 0 heterocycles. The summed E-state index contributed by atoms with van der Waals surface area (Å²) in [5.74, 6) is -0.500. The van der Waals surface area contributed by atoms with E-state index in [0.717, 1.165) is 18.9 Å². The monoisotopic (exact) mass is 289 g/mol. The first kappa shape index (κ1) is 13.4. The Balaban J connectivity index is 2.22. The van der Waals surface area contributed by atoms with Crippen molar-refractivity contribution in [3.8, 4) is 0 Å². The van der Waals surface area contributed by atoms with Crippen LogP contribution in [0.2, 0.25) is 5.02 Å². The van der Waals surface area contributed by atoms with Crippen molar-refractivity contribution in [1.29, 1.82) is 0 Å². The van der Waals surface area contributed by atoms with E-state index in [1.807, 2.05) is 6.08 Å². The Morgan fingerprint density at radius 3 is 2.78 bits per heavy atom. The third-order valence-electron chi connectivity index (χ3n) is 2.79. The molecule has 1 aromatic carbocycles. The van der Waals surface area contributed by atoms with Crippen LogP contribution in [0.1, 0.15) is 19.3 Å². The molecule has 3 nitrogen and oxygen atoms in total. The molecule has 0 radical (unpaired) electrons. The van der Waals surface area contributed by atoms with Crippen molar-refractivity contribution in [1.82, 2.24) is 0 Å². The van der Waals surface area contributed by atoms with Crippen LogP contribution in [0.15, 0.2) is 30.4 Å². The molecule has 0 bridgehead atoms. The summed E-state index contributed by atoms with van der Waals surface area (Å²) in [6.07, 6.45) is 5.89. The van der Waals surface area contributed by atoms with Gasteiger partial charge >= 0.3 is 0 Å². The third-order valence-corrected chi connectivity index (χ3v) is 4.80. The minimum absolute atomic E-state index is 0.0540. The Hall–Kier alpha value is -1.07. The quantitative estimate of drug-likeness (QED) is 0.868. The molecular weight excluding hydrogens is 277 g/mol. The van der Waals surface area contributed by atoms with Gasteiger partial charge in [0, 0.05) is 0 Å². The van der Waals surface area contributed by atoms with E-state index < -0.39 is 21.1 Å². The van der Waals surface area contributed by atoms with E-state index in [9.17, 15) is 12.8 Å². The average Bonchev–Trinajstić information content (AvgIpc) is 2.34. The molecule has 1 N–H and O–H groups in total. The van der Waals surface area contributed by atoms with Gasteiger partial charge in [-0.3, -0.25) is 4.72 Å². The fraction of sp³-hybridized carbons (Fsp3) is 0.333. The van der Waals surface area contributed by atoms with E-state index in [4.69, 9.17) is 11.6 Å². The number of sulfonamides is 1. The van der Waals surface area contributed by atoms with E-state index in [-0.39, 0.29) is 10.7 Å². The van der Waals surface area contributed by atoms with Crippen molar-refractivity contribution in [3.63, 3.8) is 0 Å². The van der Waals surface area contributed by atoms with E-state index >= 15 is 0 Å². The smallest absolute Gasteiger partial charge is 0.239 e. The maximum Gasteiger partial charge on any atom is 0.239 e. The van der Waals surface area contributed by atoms with Gasteiger partial charge in [0.2, 0.25) is 10.0 Å². The first-order valence-electron chi connectivity index (χ1n) is 5.62. The van der Waals surface area contributed by atoms with Gasteiger partial charge in [0.25, 0.3) is 0 Å². The third kappa shape index (κ3) is 3.03. The number of nitrogens with one attached hydrogen (secondary N) is 1. The summed E-state index contributed by atoms with van der Waals surface area (Å²) in [5.41, 5.74) is 0.206. The summed E-state index contributed by atoms with van der Waals surface area (Å²) < 4.78 is 39.4. The van der Waals surface area contributed by atoms with Crippen LogP contribution in [-0.4, -0.2) is 13.7 Å². The predicted molar refractivity (Wildman–Crippen MR) is 70.7 cm³/mol. The summed E-state index contributed by atoms with van der Waals surface area (Å²) in [4.78, 5) is 0. The number of benzene rings is 1. The molecule has 1 atom stereocenters. The van der Waals surface area contributed by atoms with Crippen LogP contribution in [0, 0.1) is 5.82 Å². The molecule has 0 saturated carbocycles. The number of rotatable bonds is 3. The SMILES string of the molecule is O=S(=O)(Nc1ccc(F)cc1Cl)[C@H]1C=CCCC1. The molecule has 0 amide bonds. The number of halogens is 2. The van der Waals surface area contributed by atoms with Crippen molar-refractivity contribution in [2.45, 2.75) is 24.5 Å². The second kappa shape index (κ2) is 5.28. The topological polar surface area (TPSA) is 46.2 Å². The van der Waals surface area contributed by atoms with Gasteiger partial charge in [-0.05, 0) is 37.5 Å². The fourth-order valence-electron chi connectivity index (χ4n) is 1.84. The van der Waals surface area contributed by atoms with Gasteiger partial charge in [-0.15, -0.1) is 0 Å². The van der Waals surface area contributed by atoms with Gasteiger partial charge in [0.05, 0.1) is 16.0 Å². The lowest BCUT2D eigenvalue weighted by atomic mass is 10.1. The van der Waals surface area contributed by atoms with E-state index in [1.54, 1.807) is 6.08 Å². The van der Waals surface area contributed by atoms with Crippen LogP contribution in [-0.2, 0) is 10.0 Å². The van der Waals surface area contributed by atoms with Gasteiger partial charge in [-0.2, -0.15) is 0 Å². The largest absolute Gasteiger partial charge is 0.282 e. The molecule has 0 aliphatic heterocycles. The Morgan fingerprint density at radius 1 is 1.39 bits per heavy atom. The minimum atomic E-state index is -3.52.